The highest BCUT2D eigenvalue weighted by atomic mass is 16.6. The summed E-state index contributed by atoms with van der Waals surface area (Å²) in [5.74, 6) is 0.810. The second-order valence-corrected chi connectivity index (χ2v) is 20.5. The van der Waals surface area contributed by atoms with Gasteiger partial charge in [0.2, 0.25) is 0 Å². The molecule has 0 rings (SSSR count). The van der Waals surface area contributed by atoms with E-state index in [1.807, 2.05) is 0 Å². The number of ether oxygens (including phenoxy) is 3. The van der Waals surface area contributed by atoms with Crippen molar-refractivity contribution < 1.29 is 28.6 Å². The smallest absolute Gasteiger partial charge is 0.306 e. The molecule has 0 saturated carbocycles. The Morgan fingerprint density at radius 2 is 0.524 bits per heavy atom. The first-order valence-electron chi connectivity index (χ1n) is 28.2. The fourth-order valence-corrected chi connectivity index (χ4v) is 8.70. The molecule has 0 radical (unpaired) electrons. The third-order valence-electron chi connectivity index (χ3n) is 13.0. The van der Waals surface area contributed by atoms with Crippen molar-refractivity contribution in [1.82, 2.24) is 0 Å². The number of rotatable bonds is 51. The monoisotopic (exact) mass is 891 g/mol. The van der Waals surface area contributed by atoms with Gasteiger partial charge in [-0.3, -0.25) is 14.4 Å². The summed E-state index contributed by atoms with van der Waals surface area (Å²) in [6, 6.07) is 0. The zero-order valence-electron chi connectivity index (χ0n) is 43.2. The summed E-state index contributed by atoms with van der Waals surface area (Å²) in [5, 5.41) is 0. The predicted molar refractivity (Wildman–Crippen MR) is 270 cm³/mol. The van der Waals surface area contributed by atoms with Crippen LogP contribution in [0.1, 0.15) is 317 Å². The SMILES string of the molecule is CCCCCCCCCCCCCCCCCCCC(=O)O[C@@H](COC(=O)CCCCCCCCCCCCCCC(C)C)COC(=O)CCCCCCCCCCCCC(C)C. The molecule has 0 bridgehead atoms. The van der Waals surface area contributed by atoms with Crippen LogP contribution in [0.3, 0.4) is 0 Å². The zero-order valence-corrected chi connectivity index (χ0v) is 43.2. The van der Waals surface area contributed by atoms with E-state index in [1.54, 1.807) is 0 Å². The van der Waals surface area contributed by atoms with E-state index in [9.17, 15) is 14.4 Å². The van der Waals surface area contributed by atoms with Crippen LogP contribution in [-0.4, -0.2) is 37.2 Å². The molecule has 6 heteroatoms. The van der Waals surface area contributed by atoms with Crippen LogP contribution in [0.15, 0.2) is 0 Å². The fourth-order valence-electron chi connectivity index (χ4n) is 8.70. The largest absolute Gasteiger partial charge is 0.462 e. The Hall–Kier alpha value is -1.59. The van der Waals surface area contributed by atoms with Gasteiger partial charge in [0.15, 0.2) is 6.10 Å². The highest BCUT2D eigenvalue weighted by molar-refractivity contribution is 5.71. The van der Waals surface area contributed by atoms with E-state index in [-0.39, 0.29) is 31.1 Å². The maximum Gasteiger partial charge on any atom is 0.306 e. The van der Waals surface area contributed by atoms with Gasteiger partial charge >= 0.3 is 17.9 Å². The maximum absolute atomic E-state index is 12.8. The number of esters is 3. The van der Waals surface area contributed by atoms with Crippen LogP contribution in [0.5, 0.6) is 0 Å². The second-order valence-electron chi connectivity index (χ2n) is 20.5. The number of hydrogen-bond acceptors (Lipinski definition) is 6. The molecular formula is C57H110O6. The summed E-state index contributed by atoms with van der Waals surface area (Å²) >= 11 is 0. The van der Waals surface area contributed by atoms with Gasteiger partial charge in [-0.25, -0.2) is 0 Å². The molecular weight excluding hydrogens is 781 g/mol. The lowest BCUT2D eigenvalue weighted by atomic mass is 10.0. The highest BCUT2D eigenvalue weighted by Gasteiger charge is 2.19. The summed E-state index contributed by atoms with van der Waals surface area (Å²) in [5.41, 5.74) is 0. The molecule has 0 aromatic rings. The van der Waals surface area contributed by atoms with Crippen molar-refractivity contribution in [2.75, 3.05) is 13.2 Å². The Bertz CT molecular complexity index is 962. The normalized spacial score (nSPS) is 12.0. The third kappa shape index (κ3) is 51.3. The molecule has 0 heterocycles. The third-order valence-corrected chi connectivity index (χ3v) is 13.0. The van der Waals surface area contributed by atoms with Crippen molar-refractivity contribution in [2.45, 2.75) is 323 Å². The van der Waals surface area contributed by atoms with Gasteiger partial charge in [-0.05, 0) is 31.1 Å². The average Bonchev–Trinajstić information content (AvgIpc) is 3.25. The van der Waals surface area contributed by atoms with Crippen molar-refractivity contribution in [2.24, 2.45) is 11.8 Å². The van der Waals surface area contributed by atoms with Crippen LogP contribution >= 0.6 is 0 Å². The Morgan fingerprint density at radius 1 is 0.302 bits per heavy atom. The van der Waals surface area contributed by atoms with Crippen molar-refractivity contribution in [3.8, 4) is 0 Å². The molecule has 0 fully saturated rings. The summed E-state index contributed by atoms with van der Waals surface area (Å²) in [6.07, 6.45) is 52.3. The summed E-state index contributed by atoms with van der Waals surface area (Å²) in [4.78, 5) is 38.1. The van der Waals surface area contributed by atoms with E-state index in [2.05, 4.69) is 34.6 Å². The molecule has 0 saturated heterocycles. The van der Waals surface area contributed by atoms with E-state index in [0.29, 0.717) is 19.3 Å². The van der Waals surface area contributed by atoms with Crippen LogP contribution in [0.25, 0.3) is 0 Å². The minimum Gasteiger partial charge on any atom is -0.462 e. The standard InChI is InChI=1S/C57H110O6/c1-6-7-8-9-10-11-12-13-14-15-16-17-22-29-34-39-44-49-57(60)63-54(51-62-56(59)48-43-38-33-28-24-23-26-31-36-41-46-53(4)5)50-61-55(58)47-42-37-32-27-21-19-18-20-25-30-35-40-45-52(2)3/h52-54H,6-51H2,1-5H3/t54-/m0/s1. The molecule has 0 amide bonds. The van der Waals surface area contributed by atoms with E-state index in [1.165, 1.54) is 205 Å². The van der Waals surface area contributed by atoms with Gasteiger partial charge in [-0.1, -0.05) is 279 Å². The van der Waals surface area contributed by atoms with E-state index >= 15 is 0 Å². The van der Waals surface area contributed by atoms with Crippen LogP contribution in [0.4, 0.5) is 0 Å². The van der Waals surface area contributed by atoms with Crippen molar-refractivity contribution in [3.63, 3.8) is 0 Å². The van der Waals surface area contributed by atoms with E-state index in [4.69, 9.17) is 14.2 Å². The van der Waals surface area contributed by atoms with Gasteiger partial charge in [0.25, 0.3) is 0 Å². The summed E-state index contributed by atoms with van der Waals surface area (Å²) in [6.45, 7) is 11.4. The molecule has 374 valence electrons. The molecule has 0 aliphatic heterocycles. The number of hydrogen-bond donors (Lipinski definition) is 0. The lowest BCUT2D eigenvalue weighted by molar-refractivity contribution is -0.167. The molecule has 0 aliphatic rings. The van der Waals surface area contributed by atoms with Crippen LogP contribution < -0.4 is 0 Å². The van der Waals surface area contributed by atoms with Crippen molar-refractivity contribution in [3.05, 3.63) is 0 Å². The Morgan fingerprint density at radius 3 is 0.778 bits per heavy atom. The van der Waals surface area contributed by atoms with E-state index < -0.39 is 6.10 Å². The van der Waals surface area contributed by atoms with Gasteiger partial charge < -0.3 is 14.2 Å². The Balaban J connectivity index is 4.30. The van der Waals surface area contributed by atoms with Crippen molar-refractivity contribution >= 4 is 17.9 Å². The van der Waals surface area contributed by atoms with E-state index in [0.717, 1.165) is 69.6 Å². The first-order chi connectivity index (χ1) is 30.7. The topological polar surface area (TPSA) is 78.9 Å². The highest BCUT2D eigenvalue weighted by Crippen LogP contribution is 2.18. The fraction of sp³-hybridized carbons (Fsp3) is 0.947. The average molecular weight is 892 g/mol. The number of carbonyl (C=O) groups is 3. The minimum absolute atomic E-state index is 0.0631. The second kappa shape index (κ2) is 49.8. The molecule has 0 spiro atoms. The molecule has 0 N–H and O–H groups in total. The summed E-state index contributed by atoms with van der Waals surface area (Å²) in [7, 11) is 0. The number of unbranched alkanes of at least 4 members (excludes halogenated alkanes) is 36. The van der Waals surface area contributed by atoms with Gasteiger partial charge in [0.1, 0.15) is 13.2 Å². The van der Waals surface area contributed by atoms with Crippen LogP contribution in [-0.2, 0) is 28.6 Å². The minimum atomic E-state index is -0.762. The summed E-state index contributed by atoms with van der Waals surface area (Å²) < 4.78 is 16.9. The molecule has 0 aromatic heterocycles. The molecule has 1 atom stereocenters. The lowest BCUT2D eigenvalue weighted by Gasteiger charge is -2.18. The van der Waals surface area contributed by atoms with Gasteiger partial charge in [0, 0.05) is 19.3 Å². The lowest BCUT2D eigenvalue weighted by Crippen LogP contribution is -2.30. The molecule has 0 unspecified atom stereocenters. The molecule has 0 aliphatic carbocycles. The first-order valence-corrected chi connectivity index (χ1v) is 28.2. The van der Waals surface area contributed by atoms with Crippen LogP contribution in [0, 0.1) is 11.8 Å². The number of carbonyl (C=O) groups excluding carboxylic acids is 3. The van der Waals surface area contributed by atoms with Gasteiger partial charge in [0.05, 0.1) is 0 Å². The molecule has 63 heavy (non-hydrogen) atoms. The quantitative estimate of drug-likeness (QED) is 0.0344. The maximum atomic E-state index is 12.8. The van der Waals surface area contributed by atoms with Crippen LogP contribution in [0.2, 0.25) is 0 Å². The molecule has 0 aromatic carbocycles. The zero-order chi connectivity index (χ0) is 46.1. The van der Waals surface area contributed by atoms with Gasteiger partial charge in [-0.15, -0.1) is 0 Å². The first kappa shape index (κ1) is 61.4. The molecule has 6 nitrogen and oxygen atoms in total. The Kier molecular flexibility index (Phi) is 48.6. The van der Waals surface area contributed by atoms with Gasteiger partial charge in [-0.2, -0.15) is 0 Å². The Labute approximate surface area is 393 Å². The predicted octanol–water partition coefficient (Wildman–Crippen LogP) is 18.5. The van der Waals surface area contributed by atoms with Crippen molar-refractivity contribution in [1.29, 1.82) is 0 Å².